The smallest absolute Gasteiger partial charge is 0.0351 e. The van der Waals surface area contributed by atoms with E-state index >= 15 is 0 Å². The van der Waals surface area contributed by atoms with Crippen molar-refractivity contribution in [3.8, 4) is 0 Å². The molecule has 2 nitrogen and oxygen atoms in total. The van der Waals surface area contributed by atoms with Gasteiger partial charge in [-0.3, -0.25) is 4.90 Å². The van der Waals surface area contributed by atoms with Gasteiger partial charge in [-0.05, 0) is 61.0 Å². The molecule has 0 radical (unpaired) electrons. The minimum atomic E-state index is 0.565. The van der Waals surface area contributed by atoms with Crippen LogP contribution in [0, 0.1) is 0 Å². The Morgan fingerprint density at radius 3 is 3.05 bits per heavy atom. The topological polar surface area (TPSA) is 29.3 Å². The molecule has 1 heterocycles. The summed E-state index contributed by atoms with van der Waals surface area (Å²) in [7, 11) is 2.24. The van der Waals surface area contributed by atoms with E-state index < -0.39 is 0 Å². The number of nitrogens with zero attached hydrogens (tertiary/aromatic N) is 1. The fraction of sp³-hybridized carbons (Fsp3) is 0.375. The quantitative estimate of drug-likeness (QED) is 0.863. The molecule has 1 atom stereocenters. The van der Waals surface area contributed by atoms with Crippen LogP contribution < -0.4 is 5.73 Å². The normalized spacial score (nSPS) is 17.9. The zero-order chi connectivity index (χ0) is 13.2. The van der Waals surface area contributed by atoms with Gasteiger partial charge in [-0.25, -0.2) is 0 Å². The highest BCUT2D eigenvalue weighted by atomic mass is 32.1. The SMILES string of the molecule is CN(CCc1cccs1)C1CCc2cc(N)ccc21. The highest BCUT2D eigenvalue weighted by Gasteiger charge is 2.25. The Kier molecular flexibility index (Phi) is 3.58. The molecule has 2 aromatic rings. The summed E-state index contributed by atoms with van der Waals surface area (Å²) >= 11 is 1.85. The molecule has 2 N–H and O–H groups in total. The molecule has 0 saturated carbocycles. The van der Waals surface area contributed by atoms with Gasteiger partial charge in [0.15, 0.2) is 0 Å². The zero-order valence-electron chi connectivity index (χ0n) is 11.3. The van der Waals surface area contributed by atoms with E-state index in [0.717, 1.165) is 25.1 Å². The summed E-state index contributed by atoms with van der Waals surface area (Å²) < 4.78 is 0. The van der Waals surface area contributed by atoms with E-state index in [1.807, 2.05) is 17.4 Å². The molecule has 0 spiro atoms. The lowest BCUT2D eigenvalue weighted by atomic mass is 10.1. The predicted molar refractivity (Wildman–Crippen MR) is 82.6 cm³/mol. The van der Waals surface area contributed by atoms with Gasteiger partial charge in [-0.2, -0.15) is 0 Å². The lowest BCUT2D eigenvalue weighted by molar-refractivity contribution is 0.248. The van der Waals surface area contributed by atoms with Gasteiger partial charge in [0.2, 0.25) is 0 Å². The Morgan fingerprint density at radius 2 is 2.26 bits per heavy atom. The molecule has 1 unspecified atom stereocenters. The van der Waals surface area contributed by atoms with Crippen molar-refractivity contribution in [2.24, 2.45) is 0 Å². The molecule has 19 heavy (non-hydrogen) atoms. The summed E-state index contributed by atoms with van der Waals surface area (Å²) in [4.78, 5) is 3.96. The molecular formula is C16H20N2S. The summed E-state index contributed by atoms with van der Waals surface area (Å²) in [6.45, 7) is 1.12. The molecule has 3 rings (SSSR count). The molecule has 0 bridgehead atoms. The van der Waals surface area contributed by atoms with Crippen molar-refractivity contribution in [3.63, 3.8) is 0 Å². The molecule has 1 aliphatic rings. The minimum Gasteiger partial charge on any atom is -0.399 e. The van der Waals surface area contributed by atoms with Gasteiger partial charge >= 0.3 is 0 Å². The fourth-order valence-electron chi connectivity index (χ4n) is 2.97. The number of nitrogen functional groups attached to an aromatic ring is 1. The van der Waals surface area contributed by atoms with Crippen molar-refractivity contribution in [2.75, 3.05) is 19.3 Å². The van der Waals surface area contributed by atoms with Crippen LogP contribution in [0.5, 0.6) is 0 Å². The van der Waals surface area contributed by atoms with E-state index in [0.29, 0.717) is 6.04 Å². The van der Waals surface area contributed by atoms with E-state index in [-0.39, 0.29) is 0 Å². The van der Waals surface area contributed by atoms with Crippen LogP contribution in [0.25, 0.3) is 0 Å². The Balaban J connectivity index is 1.67. The Morgan fingerprint density at radius 1 is 1.37 bits per heavy atom. The molecule has 0 aliphatic heterocycles. The van der Waals surface area contributed by atoms with Gasteiger partial charge < -0.3 is 5.73 Å². The van der Waals surface area contributed by atoms with Crippen LogP contribution in [0.3, 0.4) is 0 Å². The number of hydrogen-bond donors (Lipinski definition) is 1. The van der Waals surface area contributed by atoms with Crippen molar-refractivity contribution in [3.05, 3.63) is 51.7 Å². The third-order valence-corrected chi connectivity index (χ3v) is 4.97. The molecule has 0 fully saturated rings. The summed E-state index contributed by atoms with van der Waals surface area (Å²) in [5.41, 5.74) is 9.67. The number of likely N-dealkylation sites (N-methyl/N-ethyl adjacent to an activating group) is 1. The van der Waals surface area contributed by atoms with Gasteiger partial charge in [0, 0.05) is 23.2 Å². The predicted octanol–water partition coefficient (Wildman–Crippen LogP) is 3.49. The van der Waals surface area contributed by atoms with Gasteiger partial charge in [-0.15, -0.1) is 11.3 Å². The lowest BCUT2D eigenvalue weighted by Gasteiger charge is -2.25. The maximum atomic E-state index is 5.86. The fourth-order valence-corrected chi connectivity index (χ4v) is 3.67. The van der Waals surface area contributed by atoms with Crippen LogP contribution in [0.4, 0.5) is 5.69 Å². The first-order valence-corrected chi connectivity index (χ1v) is 7.73. The lowest BCUT2D eigenvalue weighted by Crippen LogP contribution is -2.25. The summed E-state index contributed by atoms with van der Waals surface area (Å²) in [5.74, 6) is 0. The molecule has 100 valence electrons. The zero-order valence-corrected chi connectivity index (χ0v) is 12.1. The van der Waals surface area contributed by atoms with Gasteiger partial charge in [0.25, 0.3) is 0 Å². The Bertz CT molecular complexity index is 548. The van der Waals surface area contributed by atoms with Crippen molar-refractivity contribution in [2.45, 2.75) is 25.3 Å². The second kappa shape index (κ2) is 5.35. The van der Waals surface area contributed by atoms with Crippen LogP contribution in [0.2, 0.25) is 0 Å². The first kappa shape index (κ1) is 12.7. The van der Waals surface area contributed by atoms with Crippen LogP contribution >= 0.6 is 11.3 Å². The van der Waals surface area contributed by atoms with Crippen LogP contribution in [0.1, 0.15) is 28.5 Å². The molecule has 0 amide bonds. The standard InChI is InChI=1S/C16H20N2S/c1-18(9-8-14-3-2-10-19-14)16-7-4-12-11-13(17)5-6-15(12)16/h2-3,5-6,10-11,16H,4,7-9,17H2,1H3. The number of aryl methyl sites for hydroxylation is 1. The van der Waals surface area contributed by atoms with E-state index in [1.165, 1.54) is 22.4 Å². The molecular weight excluding hydrogens is 252 g/mol. The number of anilines is 1. The average molecular weight is 272 g/mol. The Labute approximate surface area is 118 Å². The highest BCUT2D eigenvalue weighted by Crippen LogP contribution is 2.36. The maximum absolute atomic E-state index is 5.86. The number of hydrogen-bond acceptors (Lipinski definition) is 3. The average Bonchev–Trinajstić information content (AvgIpc) is 3.04. The molecule has 1 aliphatic carbocycles. The summed E-state index contributed by atoms with van der Waals surface area (Å²) in [5, 5.41) is 2.16. The Hall–Kier alpha value is -1.32. The highest BCUT2D eigenvalue weighted by molar-refractivity contribution is 7.09. The largest absolute Gasteiger partial charge is 0.399 e. The first-order chi connectivity index (χ1) is 9.24. The number of rotatable bonds is 4. The van der Waals surface area contributed by atoms with Crippen molar-refractivity contribution in [1.29, 1.82) is 0 Å². The van der Waals surface area contributed by atoms with E-state index in [4.69, 9.17) is 5.73 Å². The first-order valence-electron chi connectivity index (χ1n) is 6.85. The van der Waals surface area contributed by atoms with E-state index in [1.54, 1.807) is 0 Å². The number of benzene rings is 1. The second-order valence-electron chi connectivity index (χ2n) is 5.32. The maximum Gasteiger partial charge on any atom is 0.0351 e. The molecule has 1 aromatic heterocycles. The summed E-state index contributed by atoms with van der Waals surface area (Å²) in [6.07, 6.45) is 3.53. The minimum absolute atomic E-state index is 0.565. The molecule has 1 aromatic carbocycles. The number of nitrogens with two attached hydrogens (primary N) is 1. The van der Waals surface area contributed by atoms with Crippen LogP contribution in [-0.2, 0) is 12.8 Å². The molecule has 0 saturated heterocycles. The monoisotopic (exact) mass is 272 g/mol. The summed E-state index contributed by atoms with van der Waals surface area (Å²) in [6, 6.07) is 11.3. The van der Waals surface area contributed by atoms with Crippen molar-refractivity contribution >= 4 is 17.0 Å². The van der Waals surface area contributed by atoms with Crippen LogP contribution in [0.15, 0.2) is 35.7 Å². The molecule has 3 heteroatoms. The third-order valence-electron chi connectivity index (χ3n) is 4.04. The van der Waals surface area contributed by atoms with E-state index in [9.17, 15) is 0 Å². The third kappa shape index (κ3) is 2.67. The number of fused-ring (bicyclic) bond motifs is 1. The number of thiophene rings is 1. The van der Waals surface area contributed by atoms with Crippen molar-refractivity contribution < 1.29 is 0 Å². The van der Waals surface area contributed by atoms with Gasteiger partial charge in [0.05, 0.1) is 0 Å². The van der Waals surface area contributed by atoms with Crippen molar-refractivity contribution in [1.82, 2.24) is 4.90 Å². The van der Waals surface area contributed by atoms with E-state index in [2.05, 4.69) is 41.6 Å². The van der Waals surface area contributed by atoms with Crippen LogP contribution in [-0.4, -0.2) is 18.5 Å². The van der Waals surface area contributed by atoms with Gasteiger partial charge in [0.1, 0.15) is 0 Å². The second-order valence-corrected chi connectivity index (χ2v) is 6.35. The van der Waals surface area contributed by atoms with Gasteiger partial charge in [-0.1, -0.05) is 12.1 Å².